The van der Waals surface area contributed by atoms with Crippen LogP contribution in [-0.4, -0.2) is 38.6 Å². The Kier molecular flexibility index (Phi) is 4.80. The number of carbonyl (C=O) groups excluding carboxylic acids is 1. The maximum absolute atomic E-state index is 15.1. The lowest BCUT2D eigenvalue weighted by molar-refractivity contribution is 0.218. The molecule has 0 aliphatic carbocycles. The molecule has 3 heterocycles. The van der Waals surface area contributed by atoms with E-state index in [2.05, 4.69) is 9.97 Å². The van der Waals surface area contributed by atoms with Gasteiger partial charge in [0.1, 0.15) is 29.4 Å². The van der Waals surface area contributed by atoms with Gasteiger partial charge in [-0.3, -0.25) is 4.90 Å². The van der Waals surface area contributed by atoms with Crippen LogP contribution < -0.4 is 4.90 Å². The molecule has 2 amide bonds. The molecule has 2 aromatic heterocycles. The molecule has 0 atom stereocenters. The van der Waals surface area contributed by atoms with Crippen LogP contribution in [-0.2, 0) is 13.6 Å². The topological polar surface area (TPSA) is 54.3 Å². The second kappa shape index (κ2) is 7.67. The molecule has 2 aromatic carbocycles. The van der Waals surface area contributed by atoms with Gasteiger partial charge in [-0.15, -0.1) is 0 Å². The Hall–Kier alpha value is -3.88. The summed E-state index contributed by atoms with van der Waals surface area (Å²) < 4.78 is 44.3. The Balaban J connectivity index is 1.41. The first-order chi connectivity index (χ1) is 15.4. The number of carbonyl (C=O) groups is 1. The Morgan fingerprint density at radius 2 is 1.84 bits per heavy atom. The number of benzene rings is 2. The number of aromatic nitrogens is 3. The zero-order chi connectivity index (χ0) is 22.4. The van der Waals surface area contributed by atoms with Crippen LogP contribution >= 0.6 is 0 Å². The third-order valence-corrected chi connectivity index (χ3v) is 5.66. The molecule has 1 aliphatic heterocycles. The minimum absolute atomic E-state index is 0.0600. The molecule has 1 fully saturated rings. The Morgan fingerprint density at radius 3 is 2.66 bits per heavy atom. The van der Waals surface area contributed by atoms with Crippen LogP contribution in [0.5, 0.6) is 0 Å². The van der Waals surface area contributed by atoms with E-state index >= 15 is 4.39 Å². The number of hydrogen-bond acceptors (Lipinski definition) is 3. The molecule has 0 bridgehead atoms. The van der Waals surface area contributed by atoms with E-state index in [1.54, 1.807) is 29.1 Å². The van der Waals surface area contributed by atoms with Crippen molar-refractivity contribution in [1.29, 1.82) is 0 Å². The van der Waals surface area contributed by atoms with Crippen molar-refractivity contribution in [2.75, 3.05) is 18.0 Å². The first-order valence-corrected chi connectivity index (χ1v) is 9.97. The van der Waals surface area contributed by atoms with Gasteiger partial charge < -0.3 is 9.47 Å². The van der Waals surface area contributed by atoms with Crippen LogP contribution in [0.15, 0.2) is 55.1 Å². The fourth-order valence-corrected chi connectivity index (χ4v) is 4.06. The monoisotopic (exact) mass is 437 g/mol. The molecular formula is C23H18F3N5O. The second-order valence-corrected chi connectivity index (χ2v) is 7.67. The normalized spacial score (nSPS) is 14.1. The van der Waals surface area contributed by atoms with Gasteiger partial charge in [-0.1, -0.05) is 0 Å². The summed E-state index contributed by atoms with van der Waals surface area (Å²) >= 11 is 0. The van der Waals surface area contributed by atoms with Crippen molar-refractivity contribution < 1.29 is 18.0 Å². The van der Waals surface area contributed by atoms with E-state index in [0.29, 0.717) is 35.6 Å². The Morgan fingerprint density at radius 1 is 1.00 bits per heavy atom. The van der Waals surface area contributed by atoms with E-state index in [4.69, 9.17) is 0 Å². The number of nitrogens with zero attached hydrogens (tertiary/aromatic N) is 5. The molecular weight excluding hydrogens is 419 g/mol. The SMILES string of the molecule is Cn1cc(-c2ccc(N3CCN(Cc4cc(F)ccc4F)C3=O)cc2F)c2cncnc21. The minimum Gasteiger partial charge on any atom is -0.335 e. The highest BCUT2D eigenvalue weighted by atomic mass is 19.1. The van der Waals surface area contributed by atoms with E-state index in [-0.39, 0.29) is 18.1 Å². The quantitative estimate of drug-likeness (QED) is 0.473. The highest BCUT2D eigenvalue weighted by Crippen LogP contribution is 2.33. The van der Waals surface area contributed by atoms with Crippen LogP contribution in [0.2, 0.25) is 0 Å². The Bertz CT molecular complexity index is 1350. The van der Waals surface area contributed by atoms with Crippen LogP contribution in [0, 0.1) is 17.5 Å². The fraction of sp³-hybridized carbons (Fsp3) is 0.174. The van der Waals surface area contributed by atoms with Crippen LogP contribution in [0.4, 0.5) is 23.7 Å². The number of anilines is 1. The largest absolute Gasteiger partial charge is 0.335 e. The number of hydrogen-bond donors (Lipinski definition) is 0. The van der Waals surface area contributed by atoms with Crippen molar-refractivity contribution in [2.24, 2.45) is 7.05 Å². The summed E-state index contributed by atoms with van der Waals surface area (Å²) in [5.74, 6) is -1.63. The summed E-state index contributed by atoms with van der Waals surface area (Å²) in [5, 5.41) is 0.724. The van der Waals surface area contributed by atoms with Gasteiger partial charge in [0.2, 0.25) is 0 Å². The van der Waals surface area contributed by atoms with Crippen molar-refractivity contribution in [1.82, 2.24) is 19.4 Å². The van der Waals surface area contributed by atoms with E-state index < -0.39 is 17.5 Å². The molecule has 0 radical (unpaired) electrons. The number of amides is 2. The molecule has 1 saturated heterocycles. The van der Waals surface area contributed by atoms with Crippen molar-refractivity contribution in [3.63, 3.8) is 0 Å². The molecule has 5 rings (SSSR count). The summed E-state index contributed by atoms with van der Waals surface area (Å²) in [5.41, 5.74) is 2.21. The summed E-state index contributed by atoms with van der Waals surface area (Å²) in [4.78, 5) is 23.9. The molecule has 0 saturated carbocycles. The third-order valence-electron chi connectivity index (χ3n) is 5.66. The fourth-order valence-electron chi connectivity index (χ4n) is 4.06. The lowest BCUT2D eigenvalue weighted by Crippen LogP contribution is -2.31. The summed E-state index contributed by atoms with van der Waals surface area (Å²) in [6.07, 6.45) is 4.86. The van der Waals surface area contributed by atoms with Gasteiger partial charge in [-0.2, -0.15) is 0 Å². The highest BCUT2D eigenvalue weighted by molar-refractivity contribution is 5.96. The summed E-state index contributed by atoms with van der Waals surface area (Å²) in [6.45, 7) is 0.574. The van der Waals surface area contributed by atoms with Crippen molar-refractivity contribution in [3.8, 4) is 11.1 Å². The van der Waals surface area contributed by atoms with Gasteiger partial charge in [0.05, 0.1) is 6.54 Å². The van der Waals surface area contributed by atoms with Crippen LogP contribution in [0.25, 0.3) is 22.2 Å². The number of fused-ring (bicyclic) bond motifs is 1. The third kappa shape index (κ3) is 3.35. The number of rotatable bonds is 4. The van der Waals surface area contributed by atoms with Gasteiger partial charge in [0, 0.05) is 60.3 Å². The van der Waals surface area contributed by atoms with Crippen molar-refractivity contribution in [2.45, 2.75) is 6.54 Å². The Labute approximate surface area is 181 Å². The average Bonchev–Trinajstić information content (AvgIpc) is 3.31. The molecule has 0 N–H and O–H groups in total. The molecule has 0 spiro atoms. The van der Waals surface area contributed by atoms with Crippen LogP contribution in [0.3, 0.4) is 0 Å². The molecule has 162 valence electrons. The maximum Gasteiger partial charge on any atom is 0.324 e. The molecule has 1 aliphatic rings. The first-order valence-electron chi connectivity index (χ1n) is 9.97. The lowest BCUT2D eigenvalue weighted by Gasteiger charge is -2.19. The minimum atomic E-state index is -0.577. The van der Waals surface area contributed by atoms with Crippen molar-refractivity contribution >= 4 is 22.8 Å². The molecule has 32 heavy (non-hydrogen) atoms. The van der Waals surface area contributed by atoms with E-state index in [1.165, 1.54) is 22.2 Å². The first kappa shape index (κ1) is 20.0. The molecule has 4 aromatic rings. The summed E-state index contributed by atoms with van der Waals surface area (Å²) in [6, 6.07) is 7.35. The van der Waals surface area contributed by atoms with Gasteiger partial charge in [0.25, 0.3) is 0 Å². The second-order valence-electron chi connectivity index (χ2n) is 7.67. The van der Waals surface area contributed by atoms with Crippen LogP contribution in [0.1, 0.15) is 5.56 Å². The maximum atomic E-state index is 15.1. The zero-order valence-electron chi connectivity index (χ0n) is 17.1. The number of urea groups is 1. The lowest BCUT2D eigenvalue weighted by atomic mass is 10.1. The predicted molar refractivity (Wildman–Crippen MR) is 113 cm³/mol. The van der Waals surface area contributed by atoms with Gasteiger partial charge in [0.15, 0.2) is 0 Å². The van der Waals surface area contributed by atoms with Gasteiger partial charge in [-0.05, 0) is 36.4 Å². The van der Waals surface area contributed by atoms with E-state index in [9.17, 15) is 13.6 Å². The smallest absolute Gasteiger partial charge is 0.324 e. The van der Waals surface area contributed by atoms with Gasteiger partial charge >= 0.3 is 6.03 Å². The van der Waals surface area contributed by atoms with E-state index in [1.807, 2.05) is 7.05 Å². The highest BCUT2D eigenvalue weighted by Gasteiger charge is 2.30. The number of halogens is 3. The standard InChI is InChI=1S/C23H18F3N5O/c1-29-12-19(18-10-27-13-28-22(18)29)17-4-3-16(9-21(17)26)31-7-6-30(23(31)32)11-14-8-15(24)2-5-20(14)25/h2-5,8-10,12-13H,6-7,11H2,1H3. The summed E-state index contributed by atoms with van der Waals surface area (Å²) in [7, 11) is 1.82. The van der Waals surface area contributed by atoms with Crippen molar-refractivity contribution in [3.05, 3.63) is 78.1 Å². The van der Waals surface area contributed by atoms with E-state index in [0.717, 1.165) is 23.6 Å². The molecule has 0 unspecified atom stereocenters. The van der Waals surface area contributed by atoms with Gasteiger partial charge in [-0.25, -0.2) is 27.9 Å². The zero-order valence-corrected chi connectivity index (χ0v) is 17.1. The average molecular weight is 437 g/mol. The number of aryl methyl sites for hydroxylation is 1. The molecule has 9 heteroatoms. The molecule has 6 nitrogen and oxygen atoms in total. The predicted octanol–water partition coefficient (Wildman–Crippen LogP) is 4.49.